The molecule has 0 radical (unpaired) electrons. The Morgan fingerprint density at radius 2 is 1.77 bits per heavy atom. The minimum atomic E-state index is -0.657. The molecule has 2 rings (SSSR count). The molecular formula is C23H26BrN3O4. The summed E-state index contributed by atoms with van der Waals surface area (Å²) >= 11 is 3.39. The van der Waals surface area contributed by atoms with Crippen LogP contribution >= 0.6 is 15.9 Å². The van der Waals surface area contributed by atoms with Gasteiger partial charge in [-0.25, -0.2) is 4.79 Å². The standard InChI is InChI=1S/C23H26BrN3O4/c1-23(2,3)31-22(30)26-15-21(29)27-19-9-5-7-17(13-19)14-25-20(28)11-10-16-6-4-8-18(24)12-16/h4-13H,14-15H2,1-3H3,(H,25,28)(H,26,30)(H,27,29)/b11-10+. The van der Waals surface area contributed by atoms with Crippen LogP contribution in [0.3, 0.4) is 0 Å². The van der Waals surface area contributed by atoms with Crippen LogP contribution in [0, 0.1) is 0 Å². The van der Waals surface area contributed by atoms with Crippen molar-refractivity contribution in [1.29, 1.82) is 0 Å². The molecule has 0 aliphatic heterocycles. The summed E-state index contributed by atoms with van der Waals surface area (Å²) in [4.78, 5) is 35.7. The highest BCUT2D eigenvalue weighted by Gasteiger charge is 2.16. The first kappa shape index (κ1) is 24.1. The van der Waals surface area contributed by atoms with Crippen LogP contribution in [-0.4, -0.2) is 30.1 Å². The molecule has 2 aromatic carbocycles. The monoisotopic (exact) mass is 487 g/mol. The minimum Gasteiger partial charge on any atom is -0.444 e. The van der Waals surface area contributed by atoms with Crippen LogP contribution in [0.2, 0.25) is 0 Å². The molecule has 0 aromatic heterocycles. The largest absolute Gasteiger partial charge is 0.444 e. The zero-order valence-electron chi connectivity index (χ0n) is 17.7. The highest BCUT2D eigenvalue weighted by atomic mass is 79.9. The van der Waals surface area contributed by atoms with Crippen LogP contribution < -0.4 is 16.0 Å². The van der Waals surface area contributed by atoms with E-state index in [0.29, 0.717) is 12.2 Å². The van der Waals surface area contributed by atoms with Gasteiger partial charge in [-0.3, -0.25) is 9.59 Å². The second kappa shape index (κ2) is 11.3. The number of rotatable bonds is 7. The fourth-order valence-corrected chi connectivity index (χ4v) is 2.88. The molecule has 0 unspecified atom stereocenters. The van der Waals surface area contributed by atoms with E-state index in [1.54, 1.807) is 45.0 Å². The summed E-state index contributed by atoms with van der Waals surface area (Å²) in [7, 11) is 0. The average molecular weight is 488 g/mol. The Bertz CT molecular complexity index is 967. The highest BCUT2D eigenvalue weighted by molar-refractivity contribution is 9.10. The van der Waals surface area contributed by atoms with Gasteiger partial charge in [-0.1, -0.05) is 40.2 Å². The Hall–Kier alpha value is -3.13. The molecule has 0 saturated heterocycles. The summed E-state index contributed by atoms with van der Waals surface area (Å²) in [5, 5.41) is 7.91. The summed E-state index contributed by atoms with van der Waals surface area (Å²) in [5.74, 6) is -0.611. The van der Waals surface area contributed by atoms with E-state index in [1.165, 1.54) is 6.08 Å². The maximum atomic E-state index is 12.1. The lowest BCUT2D eigenvalue weighted by Crippen LogP contribution is -2.37. The van der Waals surface area contributed by atoms with E-state index in [4.69, 9.17) is 4.74 Å². The van der Waals surface area contributed by atoms with Crippen LogP contribution in [0.4, 0.5) is 10.5 Å². The lowest BCUT2D eigenvalue weighted by molar-refractivity contribution is -0.117. The van der Waals surface area contributed by atoms with Crippen LogP contribution in [0.1, 0.15) is 31.9 Å². The molecule has 0 aliphatic carbocycles. The fourth-order valence-electron chi connectivity index (χ4n) is 2.46. The number of carbonyl (C=O) groups excluding carboxylic acids is 3. The molecule has 0 fully saturated rings. The van der Waals surface area contributed by atoms with Crippen LogP contribution in [0.15, 0.2) is 59.1 Å². The van der Waals surface area contributed by atoms with Gasteiger partial charge in [0.05, 0.1) is 0 Å². The number of ether oxygens (including phenoxy) is 1. The van der Waals surface area contributed by atoms with Crippen LogP contribution in [-0.2, 0) is 20.9 Å². The van der Waals surface area contributed by atoms with Crippen molar-refractivity contribution in [3.05, 3.63) is 70.2 Å². The van der Waals surface area contributed by atoms with Gasteiger partial charge >= 0.3 is 6.09 Å². The number of hydrogen-bond donors (Lipinski definition) is 3. The topological polar surface area (TPSA) is 96.5 Å². The number of halogens is 1. The Kier molecular flexibility index (Phi) is 8.81. The molecule has 0 saturated carbocycles. The summed E-state index contributed by atoms with van der Waals surface area (Å²) < 4.78 is 6.03. The van der Waals surface area contributed by atoms with Gasteiger partial charge < -0.3 is 20.7 Å². The summed E-state index contributed by atoms with van der Waals surface area (Å²) in [6.07, 6.45) is 2.54. The Morgan fingerprint density at radius 1 is 1.03 bits per heavy atom. The van der Waals surface area contributed by atoms with Gasteiger partial charge in [-0.15, -0.1) is 0 Å². The normalized spacial score (nSPS) is 11.1. The molecular weight excluding hydrogens is 462 g/mol. The van der Waals surface area contributed by atoms with Gasteiger partial charge in [0.2, 0.25) is 11.8 Å². The third kappa shape index (κ3) is 9.95. The number of anilines is 1. The van der Waals surface area contributed by atoms with E-state index in [1.807, 2.05) is 30.3 Å². The van der Waals surface area contributed by atoms with E-state index < -0.39 is 11.7 Å². The molecule has 3 amide bonds. The fraction of sp³-hybridized carbons (Fsp3) is 0.261. The van der Waals surface area contributed by atoms with Gasteiger partial charge in [-0.2, -0.15) is 0 Å². The van der Waals surface area contributed by atoms with Gasteiger partial charge in [0.15, 0.2) is 0 Å². The molecule has 0 atom stereocenters. The summed E-state index contributed by atoms with van der Waals surface area (Å²) in [6, 6.07) is 14.7. The zero-order chi connectivity index (χ0) is 22.9. The van der Waals surface area contributed by atoms with Gasteiger partial charge in [0.1, 0.15) is 12.1 Å². The smallest absolute Gasteiger partial charge is 0.408 e. The molecule has 7 nitrogen and oxygen atoms in total. The maximum absolute atomic E-state index is 12.1. The number of alkyl carbamates (subject to hydrolysis) is 1. The number of amides is 3. The van der Waals surface area contributed by atoms with E-state index in [9.17, 15) is 14.4 Å². The van der Waals surface area contributed by atoms with Gasteiger partial charge in [0.25, 0.3) is 0 Å². The van der Waals surface area contributed by atoms with Crippen molar-refractivity contribution >= 4 is 45.6 Å². The third-order valence-electron chi connectivity index (χ3n) is 3.75. The molecule has 8 heteroatoms. The average Bonchev–Trinajstić information content (AvgIpc) is 2.68. The van der Waals surface area contributed by atoms with Crippen LogP contribution in [0.25, 0.3) is 6.08 Å². The second-order valence-corrected chi connectivity index (χ2v) is 8.63. The Balaban J connectivity index is 1.81. The highest BCUT2D eigenvalue weighted by Crippen LogP contribution is 2.13. The van der Waals surface area contributed by atoms with Gasteiger partial charge in [-0.05, 0) is 62.2 Å². The number of benzene rings is 2. The van der Waals surface area contributed by atoms with Crippen LogP contribution in [0.5, 0.6) is 0 Å². The quantitative estimate of drug-likeness (QED) is 0.508. The minimum absolute atomic E-state index is 0.212. The molecule has 0 aliphatic rings. The van der Waals surface area contributed by atoms with E-state index in [-0.39, 0.29) is 18.4 Å². The number of hydrogen-bond acceptors (Lipinski definition) is 4. The predicted octanol–water partition coefficient (Wildman–Crippen LogP) is 4.24. The lowest BCUT2D eigenvalue weighted by Gasteiger charge is -2.19. The molecule has 3 N–H and O–H groups in total. The van der Waals surface area contributed by atoms with E-state index >= 15 is 0 Å². The molecule has 0 heterocycles. The molecule has 0 bridgehead atoms. The van der Waals surface area contributed by atoms with Crippen molar-refractivity contribution in [3.63, 3.8) is 0 Å². The SMILES string of the molecule is CC(C)(C)OC(=O)NCC(=O)Nc1cccc(CNC(=O)/C=C/c2cccc(Br)c2)c1. The zero-order valence-corrected chi connectivity index (χ0v) is 19.3. The van der Waals surface area contributed by atoms with Crippen molar-refractivity contribution in [2.24, 2.45) is 0 Å². The van der Waals surface area contributed by atoms with Crippen molar-refractivity contribution < 1.29 is 19.1 Å². The Labute approximate surface area is 190 Å². The van der Waals surface area contributed by atoms with E-state index in [0.717, 1.165) is 15.6 Å². The third-order valence-corrected chi connectivity index (χ3v) is 4.24. The van der Waals surface area contributed by atoms with Crippen molar-refractivity contribution in [2.45, 2.75) is 32.9 Å². The van der Waals surface area contributed by atoms with Crippen molar-refractivity contribution in [3.8, 4) is 0 Å². The molecule has 0 spiro atoms. The summed E-state index contributed by atoms with van der Waals surface area (Å²) in [6.45, 7) is 5.33. The summed E-state index contributed by atoms with van der Waals surface area (Å²) in [5.41, 5.74) is 1.66. The Morgan fingerprint density at radius 3 is 2.48 bits per heavy atom. The number of nitrogens with one attached hydrogen (secondary N) is 3. The molecule has 31 heavy (non-hydrogen) atoms. The lowest BCUT2D eigenvalue weighted by atomic mass is 10.2. The number of carbonyl (C=O) groups is 3. The first-order chi connectivity index (χ1) is 14.6. The van der Waals surface area contributed by atoms with Gasteiger partial charge in [0, 0.05) is 22.8 Å². The van der Waals surface area contributed by atoms with Crippen molar-refractivity contribution in [1.82, 2.24) is 10.6 Å². The first-order valence-corrected chi connectivity index (χ1v) is 10.5. The molecule has 164 valence electrons. The predicted molar refractivity (Wildman–Crippen MR) is 124 cm³/mol. The van der Waals surface area contributed by atoms with Crippen molar-refractivity contribution in [2.75, 3.05) is 11.9 Å². The van der Waals surface area contributed by atoms with E-state index in [2.05, 4.69) is 31.9 Å². The second-order valence-electron chi connectivity index (χ2n) is 7.71. The maximum Gasteiger partial charge on any atom is 0.408 e. The first-order valence-electron chi connectivity index (χ1n) is 9.68. The molecule has 2 aromatic rings.